The molecule has 1 saturated carbocycles. The van der Waals surface area contributed by atoms with Crippen molar-refractivity contribution in [2.24, 2.45) is 11.7 Å². The van der Waals surface area contributed by atoms with Crippen LogP contribution in [-0.2, 0) is 9.53 Å². The molecule has 3 fully saturated rings. The molecule has 3 rings (SSSR count). The van der Waals surface area contributed by atoms with Crippen molar-refractivity contribution < 1.29 is 9.53 Å². The van der Waals surface area contributed by atoms with E-state index in [9.17, 15) is 4.79 Å². The summed E-state index contributed by atoms with van der Waals surface area (Å²) in [5, 5.41) is 3.22. The minimum absolute atomic E-state index is 0.202. The number of likely N-dealkylation sites (N-methyl/N-ethyl adjacent to an activating group) is 1. The van der Waals surface area contributed by atoms with Crippen LogP contribution < -0.4 is 11.1 Å². The Morgan fingerprint density at radius 2 is 1.94 bits per heavy atom. The highest BCUT2D eigenvalue weighted by molar-refractivity contribution is 5.86. The topological polar surface area (TPSA) is 67.6 Å². The summed E-state index contributed by atoms with van der Waals surface area (Å²) >= 11 is 0. The molecule has 102 valence electrons. The predicted molar refractivity (Wildman–Crippen MR) is 68.0 cm³/mol. The maximum atomic E-state index is 11.9. The Labute approximate surface area is 108 Å². The van der Waals surface area contributed by atoms with Crippen LogP contribution in [0.2, 0.25) is 0 Å². The van der Waals surface area contributed by atoms with E-state index < -0.39 is 5.54 Å². The molecule has 1 amide bonds. The fraction of sp³-hybridized carbons (Fsp3) is 0.923. The van der Waals surface area contributed by atoms with E-state index in [0.717, 1.165) is 45.3 Å². The molecule has 3 N–H and O–H groups in total. The van der Waals surface area contributed by atoms with Gasteiger partial charge >= 0.3 is 0 Å². The van der Waals surface area contributed by atoms with Crippen molar-refractivity contribution in [3.05, 3.63) is 0 Å². The number of fused-ring (bicyclic) bond motifs is 2. The maximum Gasteiger partial charge on any atom is 0.239 e. The molecule has 0 aromatic heterocycles. The van der Waals surface area contributed by atoms with Gasteiger partial charge in [0.05, 0.1) is 12.2 Å². The minimum Gasteiger partial charge on any atom is -0.372 e. The number of ether oxygens (including phenoxy) is 1. The summed E-state index contributed by atoms with van der Waals surface area (Å²) in [5.74, 6) is 0.215. The van der Waals surface area contributed by atoms with Gasteiger partial charge in [-0.2, -0.15) is 0 Å². The number of morpholine rings is 1. The number of amides is 1. The van der Waals surface area contributed by atoms with Gasteiger partial charge in [-0.15, -0.1) is 0 Å². The zero-order valence-electron chi connectivity index (χ0n) is 11.0. The van der Waals surface area contributed by atoms with E-state index in [4.69, 9.17) is 10.5 Å². The summed E-state index contributed by atoms with van der Waals surface area (Å²) in [4.78, 5) is 14.3. The van der Waals surface area contributed by atoms with Gasteiger partial charge in [-0.3, -0.25) is 9.69 Å². The van der Waals surface area contributed by atoms with Crippen molar-refractivity contribution in [1.82, 2.24) is 10.2 Å². The van der Waals surface area contributed by atoms with Gasteiger partial charge < -0.3 is 15.8 Å². The Balaban J connectivity index is 1.70. The Morgan fingerprint density at radius 3 is 2.39 bits per heavy atom. The van der Waals surface area contributed by atoms with Crippen molar-refractivity contribution >= 4 is 5.91 Å². The highest BCUT2D eigenvalue weighted by atomic mass is 16.5. The molecule has 0 aromatic rings. The van der Waals surface area contributed by atoms with E-state index in [-0.39, 0.29) is 5.91 Å². The van der Waals surface area contributed by atoms with Crippen molar-refractivity contribution in [1.29, 1.82) is 0 Å². The summed E-state index contributed by atoms with van der Waals surface area (Å²) in [6, 6.07) is 0. The van der Waals surface area contributed by atoms with Crippen LogP contribution in [0.3, 0.4) is 0 Å². The second-order valence-corrected chi connectivity index (χ2v) is 6.01. The number of primary amides is 1. The molecular weight excluding hydrogens is 230 g/mol. The molecule has 2 heterocycles. The lowest BCUT2D eigenvalue weighted by Crippen LogP contribution is -2.63. The summed E-state index contributed by atoms with van der Waals surface area (Å²) in [6.45, 7) is 2.62. The molecule has 2 saturated heterocycles. The summed E-state index contributed by atoms with van der Waals surface area (Å²) < 4.78 is 5.83. The zero-order valence-corrected chi connectivity index (χ0v) is 11.0. The van der Waals surface area contributed by atoms with Crippen LogP contribution in [0.25, 0.3) is 0 Å². The lowest BCUT2D eigenvalue weighted by atomic mass is 9.91. The number of nitrogens with zero attached hydrogens (tertiary/aromatic N) is 1. The quantitative estimate of drug-likeness (QED) is 0.706. The smallest absolute Gasteiger partial charge is 0.239 e. The predicted octanol–water partition coefficient (Wildman–Crippen LogP) is -0.297. The first-order valence-corrected chi connectivity index (χ1v) is 7.00. The molecule has 0 spiro atoms. The van der Waals surface area contributed by atoms with E-state index in [0.29, 0.717) is 18.1 Å². The van der Waals surface area contributed by atoms with Crippen LogP contribution in [0, 0.1) is 5.92 Å². The number of hydrogen-bond donors (Lipinski definition) is 2. The summed E-state index contributed by atoms with van der Waals surface area (Å²) in [6.07, 6.45) is 5.28. The molecule has 3 unspecified atom stereocenters. The van der Waals surface area contributed by atoms with Crippen LogP contribution in [0.5, 0.6) is 0 Å². The average Bonchev–Trinajstić information content (AvgIpc) is 3.13. The minimum atomic E-state index is -0.531. The standard InChI is InChI=1S/C13H23N3O2/c1-15-13(12(14)17,9-2-3-9)8-16-6-10-4-5-11(7-16)18-10/h9-11,15H,2-8H2,1H3,(H2,14,17). The van der Waals surface area contributed by atoms with E-state index in [1.807, 2.05) is 7.05 Å². The normalized spacial score (nSPS) is 35.4. The summed E-state index contributed by atoms with van der Waals surface area (Å²) in [7, 11) is 1.86. The van der Waals surface area contributed by atoms with Gasteiger partial charge in [-0.25, -0.2) is 0 Å². The number of nitrogens with two attached hydrogens (primary N) is 1. The largest absolute Gasteiger partial charge is 0.372 e. The zero-order chi connectivity index (χ0) is 12.8. The fourth-order valence-electron chi connectivity index (χ4n) is 3.57. The lowest BCUT2D eigenvalue weighted by molar-refractivity contribution is -0.127. The lowest BCUT2D eigenvalue weighted by Gasteiger charge is -2.39. The Kier molecular flexibility index (Phi) is 3.08. The molecule has 18 heavy (non-hydrogen) atoms. The SMILES string of the molecule is CNC(CN1CC2CCC(C1)O2)(C(N)=O)C1CC1. The van der Waals surface area contributed by atoms with Crippen molar-refractivity contribution in [2.75, 3.05) is 26.7 Å². The number of hydrogen-bond acceptors (Lipinski definition) is 4. The van der Waals surface area contributed by atoms with Gasteiger partial charge in [0, 0.05) is 19.6 Å². The molecule has 5 nitrogen and oxygen atoms in total. The van der Waals surface area contributed by atoms with Crippen molar-refractivity contribution in [3.8, 4) is 0 Å². The molecule has 3 aliphatic rings. The number of likely N-dealkylation sites (tertiary alicyclic amines) is 1. The number of carbonyl (C=O) groups is 1. The van der Waals surface area contributed by atoms with Gasteiger partial charge in [-0.05, 0) is 38.6 Å². The number of rotatable bonds is 5. The van der Waals surface area contributed by atoms with Crippen LogP contribution >= 0.6 is 0 Å². The number of nitrogens with one attached hydrogen (secondary N) is 1. The van der Waals surface area contributed by atoms with Gasteiger partial charge in [0.25, 0.3) is 0 Å². The first kappa shape index (κ1) is 12.4. The molecule has 0 aromatic carbocycles. The third-order valence-electron chi connectivity index (χ3n) is 4.75. The van der Waals surface area contributed by atoms with Gasteiger partial charge in [0.2, 0.25) is 5.91 Å². The van der Waals surface area contributed by atoms with Gasteiger partial charge in [0.1, 0.15) is 5.54 Å². The van der Waals surface area contributed by atoms with Crippen LogP contribution in [0.15, 0.2) is 0 Å². The Morgan fingerprint density at radius 1 is 1.33 bits per heavy atom. The van der Waals surface area contributed by atoms with Gasteiger partial charge in [-0.1, -0.05) is 0 Å². The van der Waals surface area contributed by atoms with Crippen LogP contribution in [-0.4, -0.2) is 55.2 Å². The van der Waals surface area contributed by atoms with E-state index >= 15 is 0 Å². The second kappa shape index (κ2) is 4.47. The van der Waals surface area contributed by atoms with Crippen LogP contribution in [0.1, 0.15) is 25.7 Å². The molecule has 0 radical (unpaired) electrons. The van der Waals surface area contributed by atoms with Crippen molar-refractivity contribution in [3.63, 3.8) is 0 Å². The molecule has 2 bridgehead atoms. The third kappa shape index (κ3) is 2.04. The maximum absolute atomic E-state index is 11.9. The van der Waals surface area contributed by atoms with E-state index in [2.05, 4.69) is 10.2 Å². The molecule has 5 heteroatoms. The average molecular weight is 253 g/mol. The third-order valence-corrected chi connectivity index (χ3v) is 4.75. The molecule has 3 atom stereocenters. The monoisotopic (exact) mass is 253 g/mol. The van der Waals surface area contributed by atoms with E-state index in [1.54, 1.807) is 0 Å². The van der Waals surface area contributed by atoms with Crippen LogP contribution in [0.4, 0.5) is 0 Å². The molecular formula is C13H23N3O2. The molecule has 1 aliphatic carbocycles. The second-order valence-electron chi connectivity index (χ2n) is 6.01. The first-order chi connectivity index (χ1) is 8.64. The highest BCUT2D eigenvalue weighted by Crippen LogP contribution is 2.40. The first-order valence-electron chi connectivity index (χ1n) is 7.00. The fourth-order valence-corrected chi connectivity index (χ4v) is 3.57. The summed E-state index contributed by atoms with van der Waals surface area (Å²) in [5.41, 5.74) is 5.13. The Bertz CT molecular complexity index is 333. The molecule has 2 aliphatic heterocycles. The highest BCUT2D eigenvalue weighted by Gasteiger charge is 2.50. The van der Waals surface area contributed by atoms with Gasteiger partial charge in [0.15, 0.2) is 0 Å². The number of carbonyl (C=O) groups excluding carboxylic acids is 1. The van der Waals surface area contributed by atoms with E-state index in [1.165, 1.54) is 0 Å². The Hall–Kier alpha value is -0.650. The van der Waals surface area contributed by atoms with Crippen molar-refractivity contribution in [2.45, 2.75) is 43.4 Å².